The summed E-state index contributed by atoms with van der Waals surface area (Å²) in [6.07, 6.45) is 3.66. The normalized spacial score (nSPS) is 11.3. The first-order valence-corrected chi connectivity index (χ1v) is 14.3. The Morgan fingerprint density at radius 2 is 1.05 bits per heavy atom. The van der Waals surface area contributed by atoms with Gasteiger partial charge in [0.2, 0.25) is 0 Å². The van der Waals surface area contributed by atoms with Crippen molar-refractivity contribution in [3.8, 4) is 56.2 Å². The van der Waals surface area contributed by atoms with Crippen LogP contribution in [-0.2, 0) is 0 Å². The summed E-state index contributed by atoms with van der Waals surface area (Å²) in [5, 5.41) is 2.16. The quantitative estimate of drug-likeness (QED) is 0.214. The lowest BCUT2D eigenvalue weighted by Gasteiger charge is -2.11. The molecule has 0 spiro atoms. The molecule has 0 amide bonds. The maximum Gasteiger partial charge on any atom is 0.160 e. The molecule has 5 aromatic carbocycles. The minimum atomic E-state index is 0.669. The van der Waals surface area contributed by atoms with Gasteiger partial charge < -0.3 is 4.42 Å². The van der Waals surface area contributed by atoms with Gasteiger partial charge in [-0.2, -0.15) is 0 Å². The number of hydrogen-bond donors (Lipinski definition) is 0. The van der Waals surface area contributed by atoms with Gasteiger partial charge in [0, 0.05) is 45.4 Å². The Labute approximate surface area is 249 Å². The molecular formula is C39H25N3O. The largest absolute Gasteiger partial charge is 0.456 e. The molecule has 0 radical (unpaired) electrons. The number of nitrogens with zero attached hydrogens (tertiary/aromatic N) is 3. The highest BCUT2D eigenvalue weighted by Crippen LogP contribution is 2.34. The molecule has 8 aromatic rings. The lowest BCUT2D eigenvalue weighted by molar-refractivity contribution is 0.669. The zero-order chi connectivity index (χ0) is 28.6. The predicted molar refractivity (Wildman–Crippen MR) is 174 cm³/mol. The molecule has 0 saturated heterocycles. The van der Waals surface area contributed by atoms with Gasteiger partial charge in [0.25, 0.3) is 0 Å². The number of hydrogen-bond acceptors (Lipinski definition) is 4. The van der Waals surface area contributed by atoms with Gasteiger partial charge in [-0.05, 0) is 59.2 Å². The molecule has 0 unspecified atom stereocenters. The molecule has 4 heteroatoms. The highest BCUT2D eigenvalue weighted by molar-refractivity contribution is 6.06. The molecule has 0 saturated carbocycles. The molecule has 8 rings (SSSR count). The molecular weight excluding hydrogens is 526 g/mol. The number of rotatable bonds is 5. The average Bonchev–Trinajstić information content (AvgIpc) is 3.47. The fourth-order valence-electron chi connectivity index (χ4n) is 5.59. The molecule has 0 aliphatic rings. The van der Waals surface area contributed by atoms with Gasteiger partial charge in [0.05, 0.1) is 11.4 Å². The second-order valence-corrected chi connectivity index (χ2v) is 10.5. The van der Waals surface area contributed by atoms with E-state index in [4.69, 9.17) is 14.4 Å². The van der Waals surface area contributed by atoms with Crippen LogP contribution in [0.3, 0.4) is 0 Å². The zero-order valence-corrected chi connectivity index (χ0v) is 23.2. The Kier molecular flexibility index (Phi) is 6.08. The first kappa shape index (κ1) is 24.9. The van der Waals surface area contributed by atoms with E-state index in [1.807, 2.05) is 48.7 Å². The van der Waals surface area contributed by atoms with Gasteiger partial charge in [0.1, 0.15) is 11.2 Å². The summed E-state index contributed by atoms with van der Waals surface area (Å²) < 4.78 is 6.09. The highest BCUT2D eigenvalue weighted by Gasteiger charge is 2.14. The third kappa shape index (κ3) is 4.75. The van der Waals surface area contributed by atoms with Crippen molar-refractivity contribution in [1.82, 2.24) is 15.0 Å². The van der Waals surface area contributed by atoms with Crippen molar-refractivity contribution in [3.05, 3.63) is 152 Å². The molecule has 0 fully saturated rings. The summed E-state index contributed by atoms with van der Waals surface area (Å²) in [5.74, 6) is 0.669. The number of pyridine rings is 1. The first-order chi connectivity index (χ1) is 21.3. The summed E-state index contributed by atoms with van der Waals surface area (Å²) in [4.78, 5) is 14.5. The van der Waals surface area contributed by atoms with Crippen LogP contribution in [0.4, 0.5) is 0 Å². The molecule has 202 valence electrons. The van der Waals surface area contributed by atoms with Crippen molar-refractivity contribution >= 4 is 21.9 Å². The summed E-state index contributed by atoms with van der Waals surface area (Å²) in [5.41, 5.74) is 10.9. The molecule has 0 N–H and O–H groups in total. The highest BCUT2D eigenvalue weighted by atomic mass is 16.3. The molecule has 43 heavy (non-hydrogen) atoms. The van der Waals surface area contributed by atoms with E-state index in [9.17, 15) is 0 Å². The van der Waals surface area contributed by atoms with Crippen LogP contribution in [0.15, 0.2) is 156 Å². The van der Waals surface area contributed by atoms with Crippen LogP contribution in [0.25, 0.3) is 78.1 Å². The second-order valence-electron chi connectivity index (χ2n) is 10.5. The van der Waals surface area contributed by atoms with Crippen LogP contribution in [0.1, 0.15) is 0 Å². The molecule has 3 heterocycles. The third-order valence-electron chi connectivity index (χ3n) is 7.80. The monoisotopic (exact) mass is 551 g/mol. The molecule has 0 aliphatic heterocycles. The van der Waals surface area contributed by atoms with Crippen LogP contribution >= 0.6 is 0 Å². The zero-order valence-electron chi connectivity index (χ0n) is 23.2. The minimum Gasteiger partial charge on any atom is -0.456 e. The van der Waals surface area contributed by atoms with Gasteiger partial charge in [-0.3, -0.25) is 4.98 Å². The maximum atomic E-state index is 6.09. The van der Waals surface area contributed by atoms with E-state index in [2.05, 4.69) is 102 Å². The minimum absolute atomic E-state index is 0.669. The SMILES string of the molecule is c1ccc(-c2ccc(-c3cc(-c4ccc5oc6ccccc6c5c4)nc(-c4cccc(-c5cccnc5)c4)n3)cc2)cc1. The van der Waals surface area contributed by atoms with Crippen molar-refractivity contribution in [2.24, 2.45) is 0 Å². The summed E-state index contributed by atoms with van der Waals surface area (Å²) in [7, 11) is 0. The Hall–Kier alpha value is -5.87. The predicted octanol–water partition coefficient (Wildman–Crippen LogP) is 10.1. The van der Waals surface area contributed by atoms with Crippen molar-refractivity contribution in [1.29, 1.82) is 0 Å². The second kappa shape index (κ2) is 10.5. The van der Waals surface area contributed by atoms with Crippen LogP contribution < -0.4 is 0 Å². The number of benzene rings is 5. The third-order valence-corrected chi connectivity index (χ3v) is 7.80. The Bertz CT molecular complexity index is 2220. The van der Waals surface area contributed by atoms with E-state index in [0.29, 0.717) is 5.82 Å². The number of aromatic nitrogens is 3. The summed E-state index contributed by atoms with van der Waals surface area (Å²) in [6, 6.07) is 47.8. The van der Waals surface area contributed by atoms with Crippen molar-refractivity contribution in [2.75, 3.05) is 0 Å². The fourth-order valence-corrected chi connectivity index (χ4v) is 5.59. The Morgan fingerprint density at radius 3 is 1.88 bits per heavy atom. The van der Waals surface area contributed by atoms with Crippen LogP contribution in [-0.4, -0.2) is 15.0 Å². The molecule has 0 bridgehead atoms. The van der Waals surface area contributed by atoms with E-state index in [-0.39, 0.29) is 0 Å². The van der Waals surface area contributed by atoms with Gasteiger partial charge in [-0.1, -0.05) is 97.1 Å². The fraction of sp³-hybridized carbons (Fsp3) is 0. The van der Waals surface area contributed by atoms with Gasteiger partial charge in [0.15, 0.2) is 5.82 Å². The number of para-hydroxylation sites is 1. The Morgan fingerprint density at radius 1 is 0.395 bits per heavy atom. The topological polar surface area (TPSA) is 51.8 Å². The van der Waals surface area contributed by atoms with Crippen LogP contribution in [0.2, 0.25) is 0 Å². The number of fused-ring (bicyclic) bond motifs is 3. The van der Waals surface area contributed by atoms with E-state index < -0.39 is 0 Å². The summed E-state index contributed by atoms with van der Waals surface area (Å²) >= 11 is 0. The van der Waals surface area contributed by atoms with E-state index >= 15 is 0 Å². The molecule has 4 nitrogen and oxygen atoms in total. The van der Waals surface area contributed by atoms with Gasteiger partial charge in [-0.25, -0.2) is 9.97 Å². The van der Waals surface area contributed by atoms with E-state index in [0.717, 1.165) is 61.1 Å². The molecule has 0 atom stereocenters. The standard InChI is InChI=1S/C39H25N3O/c1-2-8-26(9-3-1)27-15-17-28(18-16-27)35-24-36(30-19-20-38-34(23-30)33-13-4-5-14-37(33)43-38)42-39(41-35)31-11-6-10-29(22-31)32-12-7-21-40-25-32/h1-25H. The van der Waals surface area contributed by atoms with Gasteiger partial charge in [-0.15, -0.1) is 0 Å². The van der Waals surface area contributed by atoms with Crippen LogP contribution in [0, 0.1) is 0 Å². The van der Waals surface area contributed by atoms with Crippen molar-refractivity contribution < 1.29 is 4.42 Å². The maximum absolute atomic E-state index is 6.09. The summed E-state index contributed by atoms with van der Waals surface area (Å²) in [6.45, 7) is 0. The molecule has 3 aromatic heterocycles. The number of furan rings is 1. The lowest BCUT2D eigenvalue weighted by atomic mass is 10.0. The van der Waals surface area contributed by atoms with Gasteiger partial charge >= 0.3 is 0 Å². The lowest BCUT2D eigenvalue weighted by Crippen LogP contribution is -1.96. The van der Waals surface area contributed by atoms with Crippen molar-refractivity contribution in [3.63, 3.8) is 0 Å². The molecule has 0 aliphatic carbocycles. The smallest absolute Gasteiger partial charge is 0.160 e. The van der Waals surface area contributed by atoms with E-state index in [1.165, 1.54) is 11.1 Å². The van der Waals surface area contributed by atoms with Crippen molar-refractivity contribution in [2.45, 2.75) is 0 Å². The van der Waals surface area contributed by atoms with E-state index in [1.54, 1.807) is 6.20 Å². The Balaban J connectivity index is 1.28. The first-order valence-electron chi connectivity index (χ1n) is 14.3. The van der Waals surface area contributed by atoms with Crippen LogP contribution in [0.5, 0.6) is 0 Å². The average molecular weight is 552 g/mol.